The van der Waals surface area contributed by atoms with Crippen molar-refractivity contribution >= 4 is 16.0 Å². The van der Waals surface area contributed by atoms with Crippen LogP contribution in [0.15, 0.2) is 29.3 Å². The molecule has 1 atom stereocenters. The van der Waals surface area contributed by atoms with Gasteiger partial charge in [0.05, 0.1) is 19.0 Å². The lowest BCUT2D eigenvalue weighted by atomic mass is 10.1. The van der Waals surface area contributed by atoms with Crippen LogP contribution in [0.5, 0.6) is 5.75 Å². The highest BCUT2D eigenvalue weighted by Crippen LogP contribution is 2.12. The fourth-order valence-corrected chi connectivity index (χ4v) is 3.71. The number of nitrogens with one attached hydrogen (secondary N) is 3. The number of ether oxygens (including phenoxy) is 2. The van der Waals surface area contributed by atoms with Gasteiger partial charge in [-0.1, -0.05) is 12.1 Å². The molecule has 0 spiro atoms. The van der Waals surface area contributed by atoms with Crippen LogP contribution >= 0.6 is 0 Å². The Morgan fingerprint density at radius 3 is 2.89 bits per heavy atom. The molecule has 8 nitrogen and oxygen atoms in total. The van der Waals surface area contributed by atoms with E-state index in [1.165, 1.54) is 0 Å². The summed E-state index contributed by atoms with van der Waals surface area (Å²) in [7, 11) is -0.0790. The quantitative estimate of drug-likeness (QED) is 0.421. The highest BCUT2D eigenvalue weighted by Gasteiger charge is 2.17. The molecule has 0 aromatic heterocycles. The highest BCUT2D eigenvalue weighted by molar-refractivity contribution is 7.89. The van der Waals surface area contributed by atoms with Gasteiger partial charge >= 0.3 is 0 Å². The normalized spacial score (nSPS) is 18.1. The van der Waals surface area contributed by atoms with Gasteiger partial charge in [0.25, 0.3) is 0 Å². The van der Waals surface area contributed by atoms with E-state index in [1.807, 2.05) is 24.3 Å². The third-order valence-electron chi connectivity index (χ3n) is 4.29. The summed E-state index contributed by atoms with van der Waals surface area (Å²) in [5.74, 6) is 1.31. The molecule has 1 aliphatic heterocycles. The number of guanidine groups is 1. The van der Waals surface area contributed by atoms with Crippen molar-refractivity contribution in [2.75, 3.05) is 39.6 Å². The Balaban J connectivity index is 1.69. The predicted octanol–water partition coefficient (Wildman–Crippen LogP) is 0.849. The molecule has 9 heteroatoms. The molecule has 0 amide bonds. The van der Waals surface area contributed by atoms with E-state index in [2.05, 4.69) is 20.3 Å². The summed E-state index contributed by atoms with van der Waals surface area (Å²) in [5.41, 5.74) is 1.04. The second-order valence-corrected chi connectivity index (χ2v) is 8.29. The average molecular weight is 399 g/mol. The van der Waals surface area contributed by atoms with Crippen LogP contribution in [-0.4, -0.2) is 60.1 Å². The minimum atomic E-state index is -3.35. The summed E-state index contributed by atoms with van der Waals surface area (Å²) in [5, 5.41) is 6.17. The molecule has 1 aromatic carbocycles. The maximum absolute atomic E-state index is 12.1. The van der Waals surface area contributed by atoms with Gasteiger partial charge in [-0.3, -0.25) is 4.99 Å². The number of nitrogens with zero attached hydrogens (tertiary/aromatic N) is 1. The van der Waals surface area contributed by atoms with Gasteiger partial charge in [0.15, 0.2) is 5.96 Å². The Hall–Kier alpha value is -1.84. The van der Waals surface area contributed by atoms with Crippen molar-refractivity contribution in [3.63, 3.8) is 0 Å². The lowest BCUT2D eigenvalue weighted by Gasteiger charge is -2.22. The minimum Gasteiger partial charge on any atom is -0.497 e. The molecule has 1 fully saturated rings. The molecule has 0 saturated carbocycles. The van der Waals surface area contributed by atoms with Gasteiger partial charge in [0.1, 0.15) is 5.75 Å². The van der Waals surface area contributed by atoms with Crippen molar-refractivity contribution < 1.29 is 17.9 Å². The van der Waals surface area contributed by atoms with Crippen LogP contribution in [-0.2, 0) is 21.3 Å². The fraction of sp³-hybridized carbons (Fsp3) is 0.611. The number of benzene rings is 1. The third-order valence-corrected chi connectivity index (χ3v) is 5.63. The molecule has 1 aliphatic rings. The molecule has 1 saturated heterocycles. The molecule has 3 N–H and O–H groups in total. The first-order valence-electron chi connectivity index (χ1n) is 9.19. The Kier molecular flexibility index (Phi) is 8.83. The first kappa shape index (κ1) is 21.5. The summed E-state index contributed by atoms with van der Waals surface area (Å²) in [6, 6.07) is 7.71. The standard InChI is InChI=1S/C18H30N4O4S/c1-19-18(21-13-15-6-5-8-16(12-15)25-2)20-9-11-27(23,24)22-14-17-7-3-4-10-26-17/h5-6,8,12,17,22H,3-4,7,9-11,13-14H2,1-2H3,(H2,19,20,21). The molecule has 152 valence electrons. The number of aliphatic imine (C=N–C) groups is 1. The van der Waals surface area contributed by atoms with E-state index in [0.717, 1.165) is 30.6 Å². The van der Waals surface area contributed by atoms with E-state index in [4.69, 9.17) is 9.47 Å². The van der Waals surface area contributed by atoms with Gasteiger partial charge in [-0.25, -0.2) is 13.1 Å². The Morgan fingerprint density at radius 2 is 2.19 bits per heavy atom. The Morgan fingerprint density at radius 1 is 1.33 bits per heavy atom. The van der Waals surface area contributed by atoms with Crippen LogP contribution in [0.2, 0.25) is 0 Å². The maximum atomic E-state index is 12.1. The summed E-state index contributed by atoms with van der Waals surface area (Å²) in [6.07, 6.45) is 3.03. The average Bonchev–Trinajstić information content (AvgIpc) is 2.70. The van der Waals surface area contributed by atoms with Crippen molar-refractivity contribution in [3.8, 4) is 5.75 Å². The molecule has 2 rings (SSSR count). The van der Waals surface area contributed by atoms with Gasteiger partial charge in [-0.05, 0) is 37.0 Å². The molecule has 1 heterocycles. The smallest absolute Gasteiger partial charge is 0.213 e. The van der Waals surface area contributed by atoms with Crippen molar-refractivity contribution in [2.24, 2.45) is 4.99 Å². The van der Waals surface area contributed by atoms with Gasteiger partial charge in [0, 0.05) is 33.3 Å². The molecule has 0 radical (unpaired) electrons. The zero-order chi connectivity index (χ0) is 19.5. The van der Waals surface area contributed by atoms with E-state index in [9.17, 15) is 8.42 Å². The third kappa shape index (κ3) is 8.15. The zero-order valence-electron chi connectivity index (χ0n) is 16.0. The molecule has 27 heavy (non-hydrogen) atoms. The maximum Gasteiger partial charge on any atom is 0.213 e. The zero-order valence-corrected chi connectivity index (χ0v) is 16.8. The lowest BCUT2D eigenvalue weighted by molar-refractivity contribution is 0.0200. The molecule has 1 unspecified atom stereocenters. The van der Waals surface area contributed by atoms with E-state index in [-0.39, 0.29) is 18.4 Å². The molecule has 1 aromatic rings. The van der Waals surface area contributed by atoms with Crippen LogP contribution in [0, 0.1) is 0 Å². The van der Waals surface area contributed by atoms with Crippen LogP contribution in [0.25, 0.3) is 0 Å². The van der Waals surface area contributed by atoms with Crippen molar-refractivity contribution in [2.45, 2.75) is 31.9 Å². The largest absolute Gasteiger partial charge is 0.497 e. The number of hydrogen-bond donors (Lipinski definition) is 3. The van der Waals surface area contributed by atoms with Gasteiger partial charge in [-0.15, -0.1) is 0 Å². The van der Waals surface area contributed by atoms with E-state index in [1.54, 1.807) is 14.2 Å². The Bertz CT molecular complexity index is 703. The van der Waals surface area contributed by atoms with Crippen molar-refractivity contribution in [1.82, 2.24) is 15.4 Å². The van der Waals surface area contributed by atoms with Crippen LogP contribution in [0.4, 0.5) is 0 Å². The van der Waals surface area contributed by atoms with Gasteiger partial charge in [0.2, 0.25) is 10.0 Å². The van der Waals surface area contributed by atoms with Crippen molar-refractivity contribution in [1.29, 1.82) is 0 Å². The number of hydrogen-bond acceptors (Lipinski definition) is 5. The second kappa shape index (κ2) is 11.1. The first-order chi connectivity index (χ1) is 13.0. The summed E-state index contributed by atoms with van der Waals surface area (Å²) < 4.78 is 37.6. The molecule has 0 aliphatic carbocycles. The summed E-state index contributed by atoms with van der Waals surface area (Å²) >= 11 is 0. The Labute approximate surface area is 161 Å². The molecule has 0 bridgehead atoms. The van der Waals surface area contributed by atoms with E-state index < -0.39 is 10.0 Å². The lowest BCUT2D eigenvalue weighted by Crippen LogP contribution is -2.42. The van der Waals surface area contributed by atoms with E-state index in [0.29, 0.717) is 25.7 Å². The van der Waals surface area contributed by atoms with Gasteiger partial charge < -0.3 is 20.1 Å². The second-order valence-electron chi connectivity index (χ2n) is 6.36. The first-order valence-corrected chi connectivity index (χ1v) is 10.8. The molecular formula is C18H30N4O4S. The fourth-order valence-electron chi connectivity index (χ4n) is 2.75. The molecular weight excluding hydrogens is 368 g/mol. The van der Waals surface area contributed by atoms with Crippen LogP contribution in [0.3, 0.4) is 0 Å². The topological polar surface area (TPSA) is 101 Å². The van der Waals surface area contributed by atoms with Gasteiger partial charge in [-0.2, -0.15) is 0 Å². The monoisotopic (exact) mass is 398 g/mol. The summed E-state index contributed by atoms with van der Waals surface area (Å²) in [4.78, 5) is 4.11. The number of sulfonamides is 1. The minimum absolute atomic E-state index is 0.0150. The number of rotatable bonds is 9. The highest BCUT2D eigenvalue weighted by atomic mass is 32.2. The summed E-state index contributed by atoms with van der Waals surface area (Å²) in [6.45, 7) is 1.87. The number of methoxy groups -OCH3 is 1. The van der Waals surface area contributed by atoms with Crippen molar-refractivity contribution in [3.05, 3.63) is 29.8 Å². The predicted molar refractivity (Wildman–Crippen MR) is 107 cm³/mol. The van der Waals surface area contributed by atoms with E-state index >= 15 is 0 Å². The van der Waals surface area contributed by atoms with Crippen LogP contribution < -0.4 is 20.1 Å². The SMILES string of the molecule is CN=C(NCCS(=O)(=O)NCC1CCCCO1)NCc1cccc(OC)c1. The van der Waals surface area contributed by atoms with Crippen LogP contribution in [0.1, 0.15) is 24.8 Å².